The molecule has 0 bridgehead atoms. The number of aryl methyl sites for hydroxylation is 1. The highest BCUT2D eigenvalue weighted by molar-refractivity contribution is 9.10. The first-order chi connectivity index (χ1) is 13.2. The highest BCUT2D eigenvalue weighted by atomic mass is 79.9. The zero-order valence-corrected chi connectivity index (χ0v) is 16.4. The van der Waals surface area contributed by atoms with Crippen LogP contribution in [0.4, 0.5) is 5.69 Å². The van der Waals surface area contributed by atoms with Crippen LogP contribution in [0.3, 0.4) is 0 Å². The molecule has 1 heterocycles. The fraction of sp³-hybridized carbons (Fsp3) is 0.0909. The van der Waals surface area contributed by atoms with Gasteiger partial charge in [0.25, 0.3) is 0 Å². The number of hydrogen-bond acceptors (Lipinski definition) is 4. The van der Waals surface area contributed by atoms with Gasteiger partial charge in [-0.1, -0.05) is 57.9 Å². The van der Waals surface area contributed by atoms with Crippen LogP contribution in [-0.2, 0) is 0 Å². The second kappa shape index (κ2) is 7.76. The minimum Gasteiger partial charge on any atom is -0.487 e. The topological polar surface area (TPSA) is 46.0 Å². The van der Waals surface area contributed by atoms with Crippen molar-refractivity contribution >= 4 is 33.2 Å². The Bertz CT molecular complexity index is 1010. The number of rotatable bonds is 4. The Morgan fingerprint density at radius 1 is 0.963 bits per heavy atom. The maximum absolute atomic E-state index is 5.93. The molecule has 0 unspecified atom stereocenters. The zero-order valence-electron chi connectivity index (χ0n) is 14.8. The lowest BCUT2D eigenvalue weighted by Crippen LogP contribution is -2.21. The van der Waals surface area contributed by atoms with Crippen molar-refractivity contribution in [1.29, 1.82) is 0 Å². The monoisotopic (exact) mass is 419 g/mol. The van der Waals surface area contributed by atoms with Gasteiger partial charge in [0.1, 0.15) is 18.1 Å². The predicted octanol–water partition coefficient (Wildman–Crippen LogP) is 5.22. The van der Waals surface area contributed by atoms with Crippen molar-refractivity contribution in [3.8, 4) is 5.75 Å². The lowest BCUT2D eigenvalue weighted by molar-refractivity contribution is 0.376. The minimum absolute atomic E-state index is 0.358. The second-order valence-corrected chi connectivity index (χ2v) is 7.18. The number of benzene rings is 3. The number of hydrogen-bond donors (Lipinski definition) is 1. The molecule has 3 aromatic rings. The van der Waals surface area contributed by atoms with Gasteiger partial charge in [0.15, 0.2) is 5.84 Å². The summed E-state index contributed by atoms with van der Waals surface area (Å²) < 4.78 is 6.95. The largest absolute Gasteiger partial charge is 0.487 e. The Morgan fingerprint density at radius 2 is 1.74 bits per heavy atom. The number of nitrogens with zero attached hydrogens (tertiary/aromatic N) is 2. The highest BCUT2D eigenvalue weighted by Crippen LogP contribution is 2.25. The van der Waals surface area contributed by atoms with Crippen molar-refractivity contribution in [2.24, 2.45) is 10.1 Å². The summed E-state index contributed by atoms with van der Waals surface area (Å²) in [4.78, 5) is 4.81. The molecule has 5 heteroatoms. The van der Waals surface area contributed by atoms with E-state index in [1.54, 1.807) is 0 Å². The summed E-state index contributed by atoms with van der Waals surface area (Å²) in [6.07, 6.45) is 0. The molecule has 0 saturated heterocycles. The highest BCUT2D eigenvalue weighted by Gasteiger charge is 2.16. The molecule has 4 rings (SSSR count). The molecule has 0 atom stereocenters. The third-order valence-corrected chi connectivity index (χ3v) is 4.76. The van der Waals surface area contributed by atoms with Crippen molar-refractivity contribution < 1.29 is 4.74 Å². The summed E-state index contributed by atoms with van der Waals surface area (Å²) in [5.41, 5.74) is 7.90. The molecule has 0 aliphatic carbocycles. The fourth-order valence-corrected chi connectivity index (χ4v) is 3.08. The molecule has 4 nitrogen and oxygen atoms in total. The molecule has 3 aromatic carbocycles. The van der Waals surface area contributed by atoms with Crippen molar-refractivity contribution in [2.45, 2.75) is 6.92 Å². The Balaban J connectivity index is 1.68. The van der Waals surface area contributed by atoms with Crippen LogP contribution >= 0.6 is 15.9 Å². The van der Waals surface area contributed by atoms with E-state index in [0.29, 0.717) is 12.4 Å². The molecule has 0 aromatic heterocycles. The normalized spacial score (nSPS) is 13.0. The Labute approximate surface area is 166 Å². The first-order valence-corrected chi connectivity index (χ1v) is 9.44. The number of halogens is 1. The molecule has 0 amide bonds. The Hall–Kier alpha value is -2.92. The molecule has 0 saturated carbocycles. The molecule has 1 aliphatic heterocycles. The van der Waals surface area contributed by atoms with Gasteiger partial charge in [0, 0.05) is 15.6 Å². The SMILES string of the molecule is Cc1ccc2c(c1)C(COc1ccccc1)=NNC(c1ccc(Br)cc1)=N2. The average Bonchev–Trinajstić information content (AvgIpc) is 2.87. The minimum atomic E-state index is 0.358. The van der Waals surface area contributed by atoms with Gasteiger partial charge in [-0.3, -0.25) is 5.43 Å². The lowest BCUT2D eigenvalue weighted by atomic mass is 10.1. The number of hydrazone groups is 1. The van der Waals surface area contributed by atoms with Crippen LogP contribution in [0.5, 0.6) is 5.75 Å². The van der Waals surface area contributed by atoms with Gasteiger partial charge in [0.05, 0.1) is 5.69 Å². The van der Waals surface area contributed by atoms with Gasteiger partial charge in [-0.15, -0.1) is 0 Å². The van der Waals surface area contributed by atoms with Crippen molar-refractivity contribution in [2.75, 3.05) is 6.61 Å². The van der Waals surface area contributed by atoms with Crippen molar-refractivity contribution in [1.82, 2.24) is 5.43 Å². The summed E-state index contributed by atoms with van der Waals surface area (Å²) in [6, 6.07) is 23.9. The molecule has 1 aliphatic rings. The Morgan fingerprint density at radius 3 is 2.52 bits per heavy atom. The molecule has 0 radical (unpaired) electrons. The number of nitrogens with one attached hydrogen (secondary N) is 1. The summed E-state index contributed by atoms with van der Waals surface area (Å²) in [6.45, 7) is 2.42. The lowest BCUT2D eigenvalue weighted by Gasteiger charge is -2.10. The predicted molar refractivity (Wildman–Crippen MR) is 113 cm³/mol. The van der Waals surface area contributed by atoms with E-state index < -0.39 is 0 Å². The van der Waals surface area contributed by atoms with E-state index in [4.69, 9.17) is 9.73 Å². The summed E-state index contributed by atoms with van der Waals surface area (Å²) in [5.74, 6) is 1.52. The van der Waals surface area contributed by atoms with Gasteiger partial charge >= 0.3 is 0 Å². The van der Waals surface area contributed by atoms with E-state index in [-0.39, 0.29) is 0 Å². The Kier molecular flexibility index (Phi) is 5.03. The van der Waals surface area contributed by atoms with Gasteiger partial charge < -0.3 is 4.74 Å². The molecule has 0 spiro atoms. The van der Waals surface area contributed by atoms with E-state index >= 15 is 0 Å². The van der Waals surface area contributed by atoms with Gasteiger partial charge in [-0.2, -0.15) is 5.10 Å². The van der Waals surface area contributed by atoms with Crippen LogP contribution in [0.2, 0.25) is 0 Å². The van der Waals surface area contributed by atoms with E-state index in [9.17, 15) is 0 Å². The van der Waals surface area contributed by atoms with Crippen molar-refractivity contribution in [3.63, 3.8) is 0 Å². The number of aliphatic imine (C=N–C) groups is 1. The van der Waals surface area contributed by atoms with Gasteiger partial charge in [0.2, 0.25) is 0 Å². The number of para-hydroxylation sites is 1. The smallest absolute Gasteiger partial charge is 0.154 e. The fourth-order valence-electron chi connectivity index (χ4n) is 2.82. The van der Waals surface area contributed by atoms with Gasteiger partial charge in [-0.05, 0) is 43.3 Å². The third kappa shape index (κ3) is 4.09. The number of amidine groups is 1. The molecule has 27 heavy (non-hydrogen) atoms. The van der Waals surface area contributed by atoms with Crippen molar-refractivity contribution in [3.05, 3.63) is 94.0 Å². The molecule has 0 fully saturated rings. The summed E-state index contributed by atoms with van der Waals surface area (Å²) in [7, 11) is 0. The molecular weight excluding hydrogens is 402 g/mol. The van der Waals surface area contributed by atoms with E-state index in [1.165, 1.54) is 0 Å². The van der Waals surface area contributed by atoms with E-state index in [1.807, 2.05) is 60.7 Å². The number of fused-ring (bicyclic) bond motifs is 1. The van der Waals surface area contributed by atoms with Crippen LogP contribution in [0.1, 0.15) is 16.7 Å². The molecule has 1 N–H and O–H groups in total. The van der Waals surface area contributed by atoms with Crippen LogP contribution in [0, 0.1) is 6.92 Å². The van der Waals surface area contributed by atoms with E-state index in [2.05, 4.69) is 45.5 Å². The quantitative estimate of drug-likeness (QED) is 0.629. The van der Waals surface area contributed by atoms with Crippen LogP contribution in [0.25, 0.3) is 0 Å². The summed E-state index contributed by atoms with van der Waals surface area (Å²) >= 11 is 3.47. The van der Waals surface area contributed by atoms with Crippen LogP contribution in [-0.4, -0.2) is 18.2 Å². The standard InChI is InChI=1S/C22H18BrN3O/c1-15-7-12-20-19(13-15)21(14-27-18-5-3-2-4-6-18)25-26-22(24-20)16-8-10-17(23)11-9-16/h2-13H,14H2,1H3,(H,24,26). The van der Waals surface area contributed by atoms with E-state index in [0.717, 1.165) is 38.3 Å². The average molecular weight is 420 g/mol. The first-order valence-electron chi connectivity index (χ1n) is 8.65. The van der Waals surface area contributed by atoms with Gasteiger partial charge in [-0.25, -0.2) is 4.99 Å². The maximum Gasteiger partial charge on any atom is 0.154 e. The van der Waals surface area contributed by atoms with Crippen LogP contribution in [0.15, 0.2) is 87.4 Å². The zero-order chi connectivity index (χ0) is 18.6. The third-order valence-electron chi connectivity index (χ3n) is 4.23. The molecule has 134 valence electrons. The number of ether oxygens (including phenoxy) is 1. The summed E-state index contributed by atoms with van der Waals surface area (Å²) in [5, 5.41) is 4.60. The maximum atomic E-state index is 5.93. The van der Waals surface area contributed by atoms with Crippen LogP contribution < -0.4 is 10.2 Å². The first kappa shape index (κ1) is 17.5. The molecular formula is C22H18BrN3O. The second-order valence-electron chi connectivity index (χ2n) is 6.26.